The summed E-state index contributed by atoms with van der Waals surface area (Å²) in [5, 5.41) is 14.4. The number of ether oxygens (including phenoxy) is 5. The number of methoxy groups -OCH3 is 3. The fraction of sp³-hybridized carbons (Fsp3) is 0.275. The van der Waals surface area contributed by atoms with Crippen molar-refractivity contribution < 1.29 is 33.6 Å². The zero-order valence-corrected chi connectivity index (χ0v) is 28.9. The lowest BCUT2D eigenvalue weighted by atomic mass is 9.79. The van der Waals surface area contributed by atoms with Gasteiger partial charge in [0.2, 0.25) is 0 Å². The molecule has 0 bridgehead atoms. The Hall–Kier alpha value is -5.33. The fourth-order valence-electron chi connectivity index (χ4n) is 6.49. The van der Waals surface area contributed by atoms with Crippen LogP contribution in [-0.2, 0) is 19.8 Å². The van der Waals surface area contributed by atoms with Gasteiger partial charge in [-0.25, -0.2) is 4.79 Å². The van der Waals surface area contributed by atoms with Crippen LogP contribution in [0.25, 0.3) is 0 Å². The predicted octanol–water partition coefficient (Wildman–Crippen LogP) is 5.49. The average Bonchev–Trinajstić information content (AvgIpc) is 3.49. The molecule has 3 atom stereocenters. The molecule has 4 aromatic carbocycles. The van der Waals surface area contributed by atoms with Crippen LogP contribution >= 0.6 is 0 Å². The SMILES string of the molecule is COC[C@]1(COC(c2ccccc2)(c2ccc(OC)cc2)c2ccc(OC)cc2)O[C@@H](n2cc(C)c(NC(=O)c3ccccc3)nc2=O)C[C@@H]1O. The van der Waals surface area contributed by atoms with Crippen molar-refractivity contribution >= 4 is 11.7 Å². The van der Waals surface area contributed by atoms with Crippen LogP contribution in [0.2, 0.25) is 0 Å². The van der Waals surface area contributed by atoms with E-state index < -0.39 is 29.2 Å². The highest BCUT2D eigenvalue weighted by Crippen LogP contribution is 2.45. The van der Waals surface area contributed by atoms with Gasteiger partial charge in [0.1, 0.15) is 34.7 Å². The summed E-state index contributed by atoms with van der Waals surface area (Å²) in [4.78, 5) is 30.4. The first kappa shape index (κ1) is 35.5. The summed E-state index contributed by atoms with van der Waals surface area (Å²) in [6.45, 7) is 1.57. The van der Waals surface area contributed by atoms with E-state index in [4.69, 9.17) is 23.7 Å². The third-order valence-corrected chi connectivity index (χ3v) is 9.21. The van der Waals surface area contributed by atoms with Gasteiger partial charge < -0.3 is 34.1 Å². The molecule has 1 aromatic heterocycles. The molecule has 0 unspecified atom stereocenters. The average molecular weight is 692 g/mol. The summed E-state index contributed by atoms with van der Waals surface area (Å²) in [6.07, 6.45) is -0.357. The third kappa shape index (κ3) is 7.15. The summed E-state index contributed by atoms with van der Waals surface area (Å²) >= 11 is 0. The van der Waals surface area contributed by atoms with Crippen LogP contribution in [0.4, 0.5) is 5.82 Å². The molecule has 5 aromatic rings. The van der Waals surface area contributed by atoms with Crippen molar-refractivity contribution in [1.82, 2.24) is 9.55 Å². The first-order valence-electron chi connectivity index (χ1n) is 16.5. The van der Waals surface area contributed by atoms with Crippen molar-refractivity contribution in [2.75, 3.05) is 39.9 Å². The van der Waals surface area contributed by atoms with E-state index in [1.54, 1.807) is 51.6 Å². The van der Waals surface area contributed by atoms with Gasteiger partial charge >= 0.3 is 5.69 Å². The molecule has 0 saturated carbocycles. The van der Waals surface area contributed by atoms with Gasteiger partial charge in [-0.15, -0.1) is 0 Å². The van der Waals surface area contributed by atoms with E-state index in [0.717, 1.165) is 16.7 Å². The van der Waals surface area contributed by atoms with E-state index in [9.17, 15) is 14.7 Å². The van der Waals surface area contributed by atoms with Gasteiger partial charge in [0.15, 0.2) is 0 Å². The number of nitrogens with zero attached hydrogens (tertiary/aromatic N) is 2. The largest absolute Gasteiger partial charge is 0.497 e. The number of aliphatic hydroxyl groups is 1. The molecule has 264 valence electrons. The van der Waals surface area contributed by atoms with E-state index in [2.05, 4.69) is 10.3 Å². The molecule has 1 saturated heterocycles. The maximum atomic E-state index is 13.4. The monoisotopic (exact) mass is 691 g/mol. The quantitative estimate of drug-likeness (QED) is 0.154. The number of hydrogen-bond donors (Lipinski definition) is 2. The molecule has 51 heavy (non-hydrogen) atoms. The smallest absolute Gasteiger partial charge is 0.351 e. The van der Waals surface area contributed by atoms with Crippen molar-refractivity contribution in [3.63, 3.8) is 0 Å². The molecule has 1 amide bonds. The molecule has 2 heterocycles. The lowest BCUT2D eigenvalue weighted by Gasteiger charge is -2.40. The van der Waals surface area contributed by atoms with Gasteiger partial charge in [0.05, 0.1) is 33.5 Å². The summed E-state index contributed by atoms with van der Waals surface area (Å²) in [5.41, 5.74) is 0.207. The molecule has 0 radical (unpaired) electrons. The lowest BCUT2D eigenvalue weighted by Crippen LogP contribution is -2.50. The number of anilines is 1. The van der Waals surface area contributed by atoms with E-state index in [-0.39, 0.29) is 31.4 Å². The number of carbonyl (C=O) groups is 1. The highest BCUT2D eigenvalue weighted by Gasteiger charge is 2.52. The Morgan fingerprint density at radius 2 is 1.41 bits per heavy atom. The van der Waals surface area contributed by atoms with E-state index in [1.807, 2.05) is 84.9 Å². The van der Waals surface area contributed by atoms with Crippen LogP contribution in [0.5, 0.6) is 11.5 Å². The molecule has 6 rings (SSSR count). The maximum Gasteiger partial charge on any atom is 0.351 e. The number of carbonyl (C=O) groups excluding carboxylic acids is 1. The van der Waals surface area contributed by atoms with Crippen LogP contribution in [0.15, 0.2) is 120 Å². The number of aryl methyl sites for hydroxylation is 1. The molecular weight excluding hydrogens is 650 g/mol. The number of amides is 1. The molecule has 1 fully saturated rings. The summed E-state index contributed by atoms with van der Waals surface area (Å²) in [6, 6.07) is 33.7. The van der Waals surface area contributed by atoms with Gasteiger partial charge in [-0.1, -0.05) is 72.8 Å². The van der Waals surface area contributed by atoms with Gasteiger partial charge in [-0.3, -0.25) is 9.36 Å². The lowest BCUT2D eigenvalue weighted by molar-refractivity contribution is -0.182. The predicted molar refractivity (Wildman–Crippen MR) is 191 cm³/mol. The Bertz CT molecular complexity index is 1940. The number of aliphatic hydroxyl groups excluding tert-OH is 1. The minimum atomic E-state index is -1.38. The van der Waals surface area contributed by atoms with Crippen LogP contribution in [0, 0.1) is 6.92 Å². The number of benzene rings is 4. The van der Waals surface area contributed by atoms with Crippen LogP contribution in [0.3, 0.4) is 0 Å². The van der Waals surface area contributed by atoms with Crippen molar-refractivity contribution in [3.05, 3.63) is 154 Å². The van der Waals surface area contributed by atoms with Crippen molar-refractivity contribution in [2.45, 2.75) is 36.9 Å². The maximum absolute atomic E-state index is 13.4. The molecule has 11 heteroatoms. The normalized spacial score (nSPS) is 18.7. The van der Waals surface area contributed by atoms with E-state index in [0.29, 0.717) is 22.6 Å². The molecule has 1 aliphatic rings. The third-order valence-electron chi connectivity index (χ3n) is 9.21. The van der Waals surface area contributed by atoms with E-state index >= 15 is 0 Å². The first-order valence-corrected chi connectivity index (χ1v) is 16.5. The van der Waals surface area contributed by atoms with Gasteiger partial charge in [-0.05, 0) is 60.0 Å². The molecule has 11 nitrogen and oxygen atoms in total. The van der Waals surface area contributed by atoms with Crippen LogP contribution in [0.1, 0.15) is 45.3 Å². The number of nitrogens with one attached hydrogen (secondary N) is 1. The molecule has 1 aliphatic heterocycles. The Labute approximate surface area is 296 Å². The van der Waals surface area contributed by atoms with Gasteiger partial charge in [0, 0.05) is 30.9 Å². The second-order valence-corrected chi connectivity index (χ2v) is 12.4. The second kappa shape index (κ2) is 15.3. The summed E-state index contributed by atoms with van der Waals surface area (Å²) < 4.78 is 31.6. The zero-order chi connectivity index (χ0) is 36.0. The standard InChI is InChI=1S/C40H41N3O8/c1-27-24-43(38(46)42-36(27)41-37(45)28-11-7-5-8-12-28)35-23-34(44)39(51-35,25-47-2)26-50-40(29-13-9-6-10-14-29,30-15-19-32(48-3)20-16-30)31-17-21-33(49-4)22-18-31/h5-22,24,34-35,44H,23,25-26H2,1-4H3,(H,41,42,45,46)/t34-,35+,39+/m0/s1. The second-order valence-electron chi connectivity index (χ2n) is 12.4. The highest BCUT2D eigenvalue weighted by molar-refractivity contribution is 6.04. The Morgan fingerprint density at radius 3 is 1.96 bits per heavy atom. The van der Waals surface area contributed by atoms with Gasteiger partial charge in [-0.2, -0.15) is 4.98 Å². The topological polar surface area (TPSA) is 130 Å². The Morgan fingerprint density at radius 1 is 0.863 bits per heavy atom. The Balaban J connectivity index is 1.35. The minimum Gasteiger partial charge on any atom is -0.497 e. The minimum absolute atomic E-state index is 0.0346. The number of hydrogen-bond acceptors (Lipinski definition) is 9. The zero-order valence-electron chi connectivity index (χ0n) is 28.9. The molecule has 2 N–H and O–H groups in total. The molecule has 0 spiro atoms. The number of rotatable bonds is 13. The van der Waals surface area contributed by atoms with Crippen LogP contribution in [-0.4, -0.2) is 66.8 Å². The van der Waals surface area contributed by atoms with Gasteiger partial charge in [0.25, 0.3) is 5.91 Å². The van der Waals surface area contributed by atoms with Crippen LogP contribution < -0.4 is 20.5 Å². The Kier molecular flexibility index (Phi) is 10.6. The first-order chi connectivity index (χ1) is 24.7. The highest BCUT2D eigenvalue weighted by atomic mass is 16.6. The molecule has 0 aliphatic carbocycles. The summed E-state index contributed by atoms with van der Waals surface area (Å²) in [7, 11) is 4.74. The number of aromatic nitrogens is 2. The molecular formula is C40H41N3O8. The van der Waals surface area contributed by atoms with E-state index in [1.165, 1.54) is 11.7 Å². The summed E-state index contributed by atoms with van der Waals surface area (Å²) in [5.74, 6) is 1.12. The van der Waals surface area contributed by atoms with Crippen molar-refractivity contribution in [1.29, 1.82) is 0 Å². The fourth-order valence-corrected chi connectivity index (χ4v) is 6.49. The van der Waals surface area contributed by atoms with Crippen molar-refractivity contribution in [2.24, 2.45) is 0 Å². The van der Waals surface area contributed by atoms with Crippen molar-refractivity contribution in [3.8, 4) is 11.5 Å².